The Bertz CT molecular complexity index is 1020. The molecule has 0 radical (unpaired) electrons. The van der Waals surface area contributed by atoms with E-state index in [0.29, 0.717) is 16.1 Å². The van der Waals surface area contributed by atoms with Gasteiger partial charge in [0.1, 0.15) is 4.83 Å². The molecule has 2 heterocycles. The van der Waals surface area contributed by atoms with Crippen LogP contribution in [-0.2, 0) is 0 Å². The maximum absolute atomic E-state index is 13.1. The van der Waals surface area contributed by atoms with Crippen molar-refractivity contribution in [2.75, 3.05) is 0 Å². The quantitative estimate of drug-likeness (QED) is 0.351. The first kappa shape index (κ1) is 18.9. The fraction of sp³-hybridized carbons (Fsp3) is 0.350. The summed E-state index contributed by atoms with van der Waals surface area (Å²) in [5, 5.41) is 0.983. The van der Waals surface area contributed by atoms with E-state index in [1.54, 1.807) is 4.57 Å². The average molecular weight is 387 g/mol. The molecule has 3 rings (SSSR count). The normalized spacial score (nSPS) is 12.7. The fourth-order valence-corrected chi connectivity index (χ4v) is 5.06. The minimum atomic E-state index is -0.325. The van der Waals surface area contributed by atoms with Crippen LogP contribution >= 0.6 is 23.1 Å². The third kappa shape index (κ3) is 3.35. The van der Waals surface area contributed by atoms with Gasteiger partial charge in [0.25, 0.3) is 5.56 Å². The van der Waals surface area contributed by atoms with Crippen LogP contribution < -0.4 is 5.56 Å². The minimum absolute atomic E-state index is 0.0197. The molecule has 0 saturated heterocycles. The number of thiophene rings is 1. The van der Waals surface area contributed by atoms with E-state index in [9.17, 15) is 9.59 Å². The van der Waals surface area contributed by atoms with Gasteiger partial charge in [-0.1, -0.05) is 42.1 Å². The lowest BCUT2D eigenvalue weighted by atomic mass is 10.1. The second kappa shape index (κ2) is 7.37. The van der Waals surface area contributed by atoms with Crippen molar-refractivity contribution in [3.63, 3.8) is 0 Å². The zero-order valence-corrected chi connectivity index (χ0v) is 17.2. The van der Waals surface area contributed by atoms with Gasteiger partial charge in [-0.05, 0) is 40.2 Å². The number of hydrogen-bond donors (Lipinski definition) is 0. The fourth-order valence-electron chi connectivity index (χ4n) is 2.87. The lowest BCUT2D eigenvalue weighted by Crippen LogP contribution is -2.26. The zero-order valence-electron chi connectivity index (χ0n) is 15.6. The van der Waals surface area contributed by atoms with Gasteiger partial charge in [0.05, 0.1) is 10.6 Å². The molecule has 0 saturated carbocycles. The molecule has 0 aliphatic rings. The van der Waals surface area contributed by atoms with Crippen molar-refractivity contribution in [1.29, 1.82) is 0 Å². The highest BCUT2D eigenvalue weighted by molar-refractivity contribution is 8.00. The summed E-state index contributed by atoms with van der Waals surface area (Å²) in [7, 11) is 0. The molecule has 6 heteroatoms. The van der Waals surface area contributed by atoms with Crippen molar-refractivity contribution in [2.45, 2.75) is 51.1 Å². The number of aryl methyl sites for hydroxylation is 2. The minimum Gasteiger partial charge on any atom is -0.293 e. The monoisotopic (exact) mass is 386 g/mol. The Morgan fingerprint density at radius 3 is 2.42 bits per heavy atom. The van der Waals surface area contributed by atoms with Crippen molar-refractivity contribution >= 4 is 39.1 Å². The average Bonchev–Trinajstić information content (AvgIpc) is 2.89. The lowest BCUT2D eigenvalue weighted by molar-refractivity contribution is 0.0994. The third-order valence-electron chi connectivity index (χ3n) is 4.43. The molecule has 1 aromatic carbocycles. The highest BCUT2D eigenvalue weighted by atomic mass is 32.2. The molecule has 0 spiro atoms. The van der Waals surface area contributed by atoms with E-state index in [-0.39, 0.29) is 22.6 Å². The molecule has 4 nitrogen and oxygen atoms in total. The Balaban J connectivity index is 2.05. The first-order valence-electron chi connectivity index (χ1n) is 8.59. The summed E-state index contributed by atoms with van der Waals surface area (Å²) >= 11 is 2.89. The Labute approximate surface area is 161 Å². The second-order valence-electron chi connectivity index (χ2n) is 6.62. The largest absolute Gasteiger partial charge is 0.293 e. The number of carbonyl (C=O) groups excluding carboxylic acids is 1. The van der Waals surface area contributed by atoms with Gasteiger partial charge in [0.15, 0.2) is 10.9 Å². The van der Waals surface area contributed by atoms with Gasteiger partial charge in [0.2, 0.25) is 0 Å². The second-order valence-corrected chi connectivity index (χ2v) is 9.13. The molecule has 0 aliphatic carbocycles. The highest BCUT2D eigenvalue weighted by Gasteiger charge is 2.23. The number of Topliss-reactive ketones (excluding diaryl/α,β-unsaturated/α-hetero) is 1. The maximum Gasteiger partial charge on any atom is 0.263 e. The predicted octanol–water partition coefficient (Wildman–Crippen LogP) is 5.02. The third-order valence-corrected chi connectivity index (χ3v) is 6.60. The van der Waals surface area contributed by atoms with Crippen molar-refractivity contribution in [2.24, 2.45) is 0 Å². The molecule has 136 valence electrons. The Morgan fingerprint density at radius 1 is 1.15 bits per heavy atom. The van der Waals surface area contributed by atoms with Crippen LogP contribution in [0.3, 0.4) is 0 Å². The molecule has 0 fully saturated rings. The molecular weight excluding hydrogens is 364 g/mol. The summed E-state index contributed by atoms with van der Waals surface area (Å²) in [4.78, 5) is 32.4. The van der Waals surface area contributed by atoms with Crippen LogP contribution in [0.2, 0.25) is 0 Å². The molecule has 0 amide bonds. The number of benzene rings is 1. The first-order chi connectivity index (χ1) is 12.3. The van der Waals surface area contributed by atoms with Gasteiger partial charge in [-0.2, -0.15) is 0 Å². The van der Waals surface area contributed by atoms with E-state index < -0.39 is 0 Å². The summed E-state index contributed by atoms with van der Waals surface area (Å²) in [6, 6.07) is 9.21. The van der Waals surface area contributed by atoms with Gasteiger partial charge in [-0.25, -0.2) is 4.98 Å². The van der Waals surface area contributed by atoms with E-state index in [0.717, 1.165) is 15.3 Å². The van der Waals surface area contributed by atoms with Gasteiger partial charge >= 0.3 is 0 Å². The molecule has 0 unspecified atom stereocenters. The number of thioether (sulfide) groups is 1. The van der Waals surface area contributed by atoms with Crippen LogP contribution in [-0.4, -0.2) is 20.6 Å². The maximum atomic E-state index is 13.1. The summed E-state index contributed by atoms with van der Waals surface area (Å²) in [5.74, 6) is 0.0405. The summed E-state index contributed by atoms with van der Waals surface area (Å²) in [6.45, 7) is 9.78. The van der Waals surface area contributed by atoms with Gasteiger partial charge in [0, 0.05) is 16.5 Å². The molecule has 3 aromatic rings. The number of nitrogens with zero attached hydrogens (tertiary/aromatic N) is 2. The van der Waals surface area contributed by atoms with Crippen LogP contribution in [0.15, 0.2) is 40.3 Å². The Morgan fingerprint density at radius 2 is 1.81 bits per heavy atom. The number of ketones is 1. The molecule has 1 atom stereocenters. The summed E-state index contributed by atoms with van der Waals surface area (Å²) in [6.07, 6.45) is 0. The molecule has 0 bridgehead atoms. The zero-order chi connectivity index (χ0) is 19.0. The van der Waals surface area contributed by atoms with Crippen molar-refractivity contribution < 1.29 is 4.79 Å². The molecular formula is C20H22N2O2S2. The van der Waals surface area contributed by atoms with Crippen molar-refractivity contribution in [3.8, 4) is 0 Å². The SMILES string of the molecule is Cc1sc2nc(S[C@H](C)C(=O)c3ccccc3)n(C(C)C)c(=O)c2c1C. The van der Waals surface area contributed by atoms with E-state index in [4.69, 9.17) is 4.98 Å². The van der Waals surface area contributed by atoms with E-state index >= 15 is 0 Å². The van der Waals surface area contributed by atoms with E-state index in [1.807, 2.05) is 65.0 Å². The van der Waals surface area contributed by atoms with E-state index in [1.165, 1.54) is 23.1 Å². The van der Waals surface area contributed by atoms with Gasteiger partial charge < -0.3 is 0 Å². The molecule has 2 aromatic heterocycles. The summed E-state index contributed by atoms with van der Waals surface area (Å²) in [5.41, 5.74) is 1.66. The van der Waals surface area contributed by atoms with Crippen LogP contribution in [0, 0.1) is 13.8 Å². The standard InChI is InChI=1S/C20H22N2O2S2/c1-11(2)22-19(24)16-12(3)13(4)25-18(16)21-20(22)26-14(5)17(23)15-9-7-6-8-10-15/h6-11,14H,1-5H3/t14-/m1/s1. The highest BCUT2D eigenvalue weighted by Crippen LogP contribution is 2.31. The number of hydrogen-bond acceptors (Lipinski definition) is 5. The van der Waals surface area contributed by atoms with E-state index in [2.05, 4.69) is 0 Å². The van der Waals surface area contributed by atoms with Gasteiger partial charge in [-0.15, -0.1) is 11.3 Å². The Kier molecular flexibility index (Phi) is 5.34. The molecule has 0 aliphatic heterocycles. The van der Waals surface area contributed by atoms with Crippen molar-refractivity contribution in [1.82, 2.24) is 9.55 Å². The Hall–Kier alpha value is -1.92. The lowest BCUT2D eigenvalue weighted by Gasteiger charge is -2.17. The van der Waals surface area contributed by atoms with Crippen LogP contribution in [0.5, 0.6) is 0 Å². The van der Waals surface area contributed by atoms with Gasteiger partial charge in [-0.3, -0.25) is 14.2 Å². The number of fused-ring (bicyclic) bond motifs is 1. The molecule has 0 N–H and O–H groups in total. The smallest absolute Gasteiger partial charge is 0.263 e. The summed E-state index contributed by atoms with van der Waals surface area (Å²) < 4.78 is 1.71. The van der Waals surface area contributed by atoms with Crippen LogP contribution in [0.25, 0.3) is 10.2 Å². The number of carbonyl (C=O) groups is 1. The number of rotatable bonds is 5. The first-order valence-corrected chi connectivity index (χ1v) is 10.3. The van der Waals surface area contributed by atoms with Crippen molar-refractivity contribution in [3.05, 3.63) is 56.7 Å². The van der Waals surface area contributed by atoms with Crippen LogP contribution in [0.4, 0.5) is 0 Å². The topological polar surface area (TPSA) is 52.0 Å². The predicted molar refractivity (Wildman–Crippen MR) is 110 cm³/mol. The number of aromatic nitrogens is 2. The molecule has 26 heavy (non-hydrogen) atoms. The van der Waals surface area contributed by atoms with Crippen LogP contribution in [0.1, 0.15) is 47.6 Å².